The van der Waals surface area contributed by atoms with Gasteiger partial charge in [-0.2, -0.15) is 0 Å². The average Bonchev–Trinajstić information content (AvgIpc) is 2.63. The lowest BCUT2D eigenvalue weighted by atomic mass is 9.95. The third-order valence-corrected chi connectivity index (χ3v) is 3.96. The van der Waals surface area contributed by atoms with Crippen molar-refractivity contribution in [2.45, 2.75) is 33.2 Å². The molecule has 0 bridgehead atoms. The summed E-state index contributed by atoms with van der Waals surface area (Å²) in [5.74, 6) is 0. The van der Waals surface area contributed by atoms with E-state index in [0.717, 1.165) is 17.1 Å². The van der Waals surface area contributed by atoms with E-state index in [-0.39, 0.29) is 6.04 Å². The van der Waals surface area contributed by atoms with Gasteiger partial charge in [0, 0.05) is 23.5 Å². The van der Waals surface area contributed by atoms with E-state index in [1.807, 2.05) is 6.92 Å². The van der Waals surface area contributed by atoms with Gasteiger partial charge in [0.05, 0.1) is 5.01 Å². The molecule has 1 heterocycles. The molecule has 1 atom stereocenters. The summed E-state index contributed by atoms with van der Waals surface area (Å²) < 4.78 is 0. The van der Waals surface area contributed by atoms with Gasteiger partial charge in [0.25, 0.3) is 0 Å². The summed E-state index contributed by atoms with van der Waals surface area (Å²) in [6.45, 7) is 6.26. The third kappa shape index (κ3) is 2.73. The Bertz CT molecular complexity index is 496. The van der Waals surface area contributed by atoms with Crippen molar-refractivity contribution in [3.05, 3.63) is 51.0 Å². The summed E-state index contributed by atoms with van der Waals surface area (Å²) in [7, 11) is 0. The van der Waals surface area contributed by atoms with Gasteiger partial charge in [-0.25, -0.2) is 4.98 Å². The van der Waals surface area contributed by atoms with Crippen LogP contribution in [0, 0.1) is 20.8 Å². The van der Waals surface area contributed by atoms with Crippen LogP contribution in [0.15, 0.2) is 23.6 Å². The summed E-state index contributed by atoms with van der Waals surface area (Å²) >= 11 is 1.69. The number of hydrogen-bond donors (Lipinski definition) is 1. The molecule has 0 saturated carbocycles. The predicted octanol–water partition coefficient (Wildman–Crippen LogP) is 3.31. The number of thiazole rings is 1. The zero-order valence-corrected chi connectivity index (χ0v) is 11.3. The van der Waals surface area contributed by atoms with Gasteiger partial charge in [-0.05, 0) is 37.5 Å². The molecule has 17 heavy (non-hydrogen) atoms. The Morgan fingerprint density at radius 3 is 2.41 bits per heavy atom. The summed E-state index contributed by atoms with van der Waals surface area (Å²) in [4.78, 5) is 4.47. The molecule has 1 unspecified atom stereocenters. The van der Waals surface area contributed by atoms with E-state index in [1.165, 1.54) is 16.7 Å². The molecule has 90 valence electrons. The fourth-order valence-electron chi connectivity index (χ4n) is 2.20. The molecule has 2 aromatic rings. The maximum Gasteiger partial charge on any atom is 0.0947 e. The molecular formula is C14H18N2S. The van der Waals surface area contributed by atoms with Crippen molar-refractivity contribution in [1.82, 2.24) is 4.98 Å². The lowest BCUT2D eigenvalue weighted by molar-refractivity contribution is 0.706. The number of aryl methyl sites for hydroxylation is 3. The SMILES string of the molecule is Cc1csc(CC(N)c2c(C)cccc2C)n1. The topological polar surface area (TPSA) is 38.9 Å². The van der Waals surface area contributed by atoms with E-state index in [0.29, 0.717) is 0 Å². The molecule has 0 aliphatic heterocycles. The summed E-state index contributed by atoms with van der Waals surface area (Å²) in [5.41, 5.74) is 11.2. The van der Waals surface area contributed by atoms with E-state index >= 15 is 0 Å². The van der Waals surface area contributed by atoms with Gasteiger partial charge in [0.2, 0.25) is 0 Å². The Hall–Kier alpha value is -1.19. The minimum absolute atomic E-state index is 0.0433. The van der Waals surface area contributed by atoms with Crippen molar-refractivity contribution in [2.24, 2.45) is 5.73 Å². The third-order valence-electron chi connectivity index (χ3n) is 2.97. The minimum atomic E-state index is 0.0433. The van der Waals surface area contributed by atoms with E-state index in [2.05, 4.69) is 42.4 Å². The summed E-state index contributed by atoms with van der Waals surface area (Å²) in [5, 5.41) is 3.20. The van der Waals surface area contributed by atoms with Crippen LogP contribution in [0.3, 0.4) is 0 Å². The number of nitrogens with two attached hydrogens (primary N) is 1. The van der Waals surface area contributed by atoms with Crippen molar-refractivity contribution in [3.63, 3.8) is 0 Å². The molecule has 0 fully saturated rings. The highest BCUT2D eigenvalue weighted by atomic mass is 32.1. The van der Waals surface area contributed by atoms with E-state index < -0.39 is 0 Å². The van der Waals surface area contributed by atoms with Crippen molar-refractivity contribution in [2.75, 3.05) is 0 Å². The Labute approximate surface area is 107 Å². The number of aromatic nitrogens is 1. The first-order valence-corrected chi connectivity index (χ1v) is 6.68. The highest BCUT2D eigenvalue weighted by Crippen LogP contribution is 2.24. The molecule has 0 aliphatic carbocycles. The molecule has 0 radical (unpaired) electrons. The first kappa shape index (κ1) is 12.3. The Morgan fingerprint density at radius 1 is 1.24 bits per heavy atom. The monoisotopic (exact) mass is 246 g/mol. The molecule has 0 aliphatic rings. The molecule has 0 spiro atoms. The lowest BCUT2D eigenvalue weighted by Gasteiger charge is -2.16. The first-order valence-electron chi connectivity index (χ1n) is 5.80. The van der Waals surface area contributed by atoms with E-state index in [1.54, 1.807) is 11.3 Å². The smallest absolute Gasteiger partial charge is 0.0947 e. The number of benzene rings is 1. The Morgan fingerprint density at radius 2 is 1.88 bits per heavy atom. The van der Waals surface area contributed by atoms with Crippen LogP contribution in [0.25, 0.3) is 0 Å². The van der Waals surface area contributed by atoms with Gasteiger partial charge in [-0.15, -0.1) is 11.3 Å². The summed E-state index contributed by atoms with van der Waals surface area (Å²) in [6.07, 6.45) is 0.824. The van der Waals surface area contributed by atoms with Crippen LogP contribution in [0.1, 0.15) is 33.4 Å². The molecule has 0 amide bonds. The molecule has 3 heteroatoms. The molecular weight excluding hydrogens is 228 g/mol. The average molecular weight is 246 g/mol. The number of rotatable bonds is 3. The molecule has 0 saturated heterocycles. The second-order valence-electron chi connectivity index (χ2n) is 4.50. The van der Waals surface area contributed by atoms with Crippen LogP contribution < -0.4 is 5.73 Å². The van der Waals surface area contributed by atoms with Gasteiger partial charge >= 0.3 is 0 Å². The molecule has 1 aromatic heterocycles. The van der Waals surface area contributed by atoms with Gasteiger partial charge in [-0.3, -0.25) is 0 Å². The number of nitrogens with zero attached hydrogens (tertiary/aromatic N) is 1. The Balaban J connectivity index is 2.22. The zero-order chi connectivity index (χ0) is 12.4. The van der Waals surface area contributed by atoms with E-state index in [4.69, 9.17) is 5.73 Å². The minimum Gasteiger partial charge on any atom is -0.324 e. The lowest BCUT2D eigenvalue weighted by Crippen LogP contribution is -2.16. The van der Waals surface area contributed by atoms with Crippen molar-refractivity contribution in [3.8, 4) is 0 Å². The van der Waals surface area contributed by atoms with Crippen molar-refractivity contribution < 1.29 is 0 Å². The van der Waals surface area contributed by atoms with E-state index in [9.17, 15) is 0 Å². The molecule has 2 rings (SSSR count). The normalized spacial score (nSPS) is 12.7. The van der Waals surface area contributed by atoms with Gasteiger partial charge < -0.3 is 5.73 Å². The molecule has 1 aromatic carbocycles. The number of hydrogen-bond acceptors (Lipinski definition) is 3. The fraction of sp³-hybridized carbons (Fsp3) is 0.357. The van der Waals surface area contributed by atoms with Gasteiger partial charge in [-0.1, -0.05) is 18.2 Å². The van der Waals surface area contributed by atoms with Gasteiger partial charge in [0.1, 0.15) is 0 Å². The van der Waals surface area contributed by atoms with Crippen LogP contribution in [-0.4, -0.2) is 4.98 Å². The molecule has 2 N–H and O–H groups in total. The van der Waals surface area contributed by atoms with Crippen LogP contribution in [-0.2, 0) is 6.42 Å². The second-order valence-corrected chi connectivity index (χ2v) is 5.44. The first-order chi connectivity index (χ1) is 8.08. The zero-order valence-electron chi connectivity index (χ0n) is 10.5. The predicted molar refractivity (Wildman–Crippen MR) is 73.4 cm³/mol. The highest BCUT2D eigenvalue weighted by molar-refractivity contribution is 7.09. The molecule has 2 nitrogen and oxygen atoms in total. The van der Waals surface area contributed by atoms with Crippen LogP contribution in [0.5, 0.6) is 0 Å². The largest absolute Gasteiger partial charge is 0.324 e. The van der Waals surface area contributed by atoms with Crippen LogP contribution in [0.2, 0.25) is 0 Å². The summed E-state index contributed by atoms with van der Waals surface area (Å²) in [6, 6.07) is 6.36. The highest BCUT2D eigenvalue weighted by Gasteiger charge is 2.13. The van der Waals surface area contributed by atoms with Gasteiger partial charge in [0.15, 0.2) is 0 Å². The second kappa shape index (κ2) is 4.98. The fourth-order valence-corrected chi connectivity index (χ4v) is 3.03. The van der Waals surface area contributed by atoms with Crippen LogP contribution >= 0.6 is 11.3 Å². The van der Waals surface area contributed by atoms with Crippen molar-refractivity contribution in [1.29, 1.82) is 0 Å². The van der Waals surface area contributed by atoms with Crippen LogP contribution in [0.4, 0.5) is 0 Å². The maximum absolute atomic E-state index is 6.30. The van der Waals surface area contributed by atoms with Crippen molar-refractivity contribution >= 4 is 11.3 Å². The Kier molecular flexibility index (Phi) is 3.60. The standard InChI is InChI=1S/C14H18N2S/c1-9-5-4-6-10(2)14(9)12(15)7-13-16-11(3)8-17-13/h4-6,8,12H,7,15H2,1-3H3. The maximum atomic E-state index is 6.30. The quantitative estimate of drug-likeness (QED) is 0.902.